The van der Waals surface area contributed by atoms with Gasteiger partial charge in [-0.1, -0.05) is 0 Å². The summed E-state index contributed by atoms with van der Waals surface area (Å²) in [7, 11) is 3.33. The zero-order chi connectivity index (χ0) is 8.27. The number of rotatable bonds is 1. The van der Waals surface area contributed by atoms with Crippen molar-refractivity contribution in [3.05, 3.63) is 6.33 Å². The van der Waals surface area contributed by atoms with Crippen LogP contribution in [0.2, 0.25) is 0 Å². The maximum absolute atomic E-state index is 11.0. The van der Waals surface area contributed by atoms with Crippen LogP contribution in [0.5, 0.6) is 0 Å². The SMILES string of the molecule is CN(C)C(=O)Nc1ncns1. The van der Waals surface area contributed by atoms with Crippen molar-refractivity contribution in [1.82, 2.24) is 14.3 Å². The molecule has 0 aromatic carbocycles. The lowest BCUT2D eigenvalue weighted by atomic mass is 10.8. The lowest BCUT2D eigenvalue weighted by Crippen LogP contribution is -2.27. The number of carbonyl (C=O) groups is 1. The molecule has 2 amide bonds. The minimum atomic E-state index is -0.193. The van der Waals surface area contributed by atoms with Crippen LogP contribution in [0.15, 0.2) is 6.33 Å². The maximum Gasteiger partial charge on any atom is 0.323 e. The summed E-state index contributed by atoms with van der Waals surface area (Å²) in [4.78, 5) is 16.2. The van der Waals surface area contributed by atoms with E-state index in [1.807, 2.05) is 0 Å². The number of carbonyl (C=O) groups excluding carboxylic acids is 1. The molecular formula is C5H8N4OS. The topological polar surface area (TPSA) is 58.1 Å². The highest BCUT2D eigenvalue weighted by atomic mass is 32.1. The predicted molar refractivity (Wildman–Crippen MR) is 42.6 cm³/mol. The molecule has 0 aliphatic carbocycles. The second-order valence-electron chi connectivity index (χ2n) is 2.07. The number of hydrogen-bond donors (Lipinski definition) is 1. The van der Waals surface area contributed by atoms with Crippen molar-refractivity contribution in [1.29, 1.82) is 0 Å². The van der Waals surface area contributed by atoms with E-state index >= 15 is 0 Å². The van der Waals surface area contributed by atoms with Crippen molar-refractivity contribution < 1.29 is 4.79 Å². The molecule has 5 nitrogen and oxygen atoms in total. The first kappa shape index (κ1) is 7.93. The van der Waals surface area contributed by atoms with Crippen LogP contribution >= 0.6 is 11.5 Å². The van der Waals surface area contributed by atoms with Crippen LogP contribution in [-0.2, 0) is 0 Å². The van der Waals surface area contributed by atoms with E-state index < -0.39 is 0 Å². The van der Waals surface area contributed by atoms with Crippen LogP contribution in [0.1, 0.15) is 0 Å². The molecule has 0 unspecified atom stereocenters. The second-order valence-corrected chi connectivity index (χ2v) is 2.85. The van der Waals surface area contributed by atoms with Gasteiger partial charge in [-0.2, -0.15) is 4.37 Å². The molecule has 60 valence electrons. The average molecular weight is 172 g/mol. The Hall–Kier alpha value is -1.17. The molecule has 1 rings (SSSR count). The quantitative estimate of drug-likeness (QED) is 0.676. The summed E-state index contributed by atoms with van der Waals surface area (Å²) >= 11 is 1.15. The van der Waals surface area contributed by atoms with Gasteiger partial charge in [-0.3, -0.25) is 5.32 Å². The van der Waals surface area contributed by atoms with E-state index in [0.29, 0.717) is 5.13 Å². The number of urea groups is 1. The minimum absolute atomic E-state index is 0.193. The van der Waals surface area contributed by atoms with Crippen LogP contribution in [0, 0.1) is 0 Å². The third-order valence-corrected chi connectivity index (χ3v) is 1.56. The van der Waals surface area contributed by atoms with Crippen LogP contribution < -0.4 is 5.32 Å². The molecule has 0 bridgehead atoms. The Balaban J connectivity index is 2.50. The number of nitrogens with one attached hydrogen (secondary N) is 1. The Morgan fingerprint density at radius 1 is 1.73 bits per heavy atom. The van der Waals surface area contributed by atoms with Crippen molar-refractivity contribution in [2.24, 2.45) is 0 Å². The van der Waals surface area contributed by atoms with Crippen molar-refractivity contribution in [2.45, 2.75) is 0 Å². The molecular weight excluding hydrogens is 164 g/mol. The molecule has 0 spiro atoms. The number of anilines is 1. The van der Waals surface area contributed by atoms with Crippen LogP contribution in [0.3, 0.4) is 0 Å². The first-order valence-electron chi connectivity index (χ1n) is 2.95. The standard InChI is InChI=1S/C5H8N4OS/c1-9(2)5(10)8-4-6-3-7-11-4/h3H,1-2H3,(H,6,7,8,10). The second kappa shape index (κ2) is 3.29. The van der Waals surface area contributed by atoms with Gasteiger partial charge in [0.25, 0.3) is 0 Å². The molecule has 6 heteroatoms. The first-order chi connectivity index (χ1) is 5.20. The van der Waals surface area contributed by atoms with Gasteiger partial charge in [0.05, 0.1) is 0 Å². The van der Waals surface area contributed by atoms with Gasteiger partial charge in [-0.15, -0.1) is 0 Å². The fraction of sp³-hybridized carbons (Fsp3) is 0.400. The number of aromatic nitrogens is 2. The summed E-state index contributed by atoms with van der Waals surface area (Å²) in [5.74, 6) is 0. The average Bonchev–Trinajstić information content (AvgIpc) is 2.39. The smallest absolute Gasteiger partial charge is 0.323 e. The number of amides is 2. The Morgan fingerprint density at radius 2 is 2.45 bits per heavy atom. The number of hydrogen-bond acceptors (Lipinski definition) is 4. The zero-order valence-electron chi connectivity index (χ0n) is 6.24. The lowest BCUT2D eigenvalue weighted by molar-refractivity contribution is 0.230. The molecule has 1 N–H and O–H groups in total. The molecule has 0 atom stereocenters. The summed E-state index contributed by atoms with van der Waals surface area (Å²) in [5, 5.41) is 3.07. The highest BCUT2D eigenvalue weighted by Crippen LogP contribution is 2.06. The highest BCUT2D eigenvalue weighted by Gasteiger charge is 2.04. The Morgan fingerprint density at radius 3 is 2.91 bits per heavy atom. The van der Waals surface area contributed by atoms with E-state index in [-0.39, 0.29) is 6.03 Å². The fourth-order valence-corrected chi connectivity index (χ4v) is 0.853. The zero-order valence-corrected chi connectivity index (χ0v) is 7.05. The molecule has 1 heterocycles. The highest BCUT2D eigenvalue weighted by molar-refractivity contribution is 7.09. The normalized spacial score (nSPS) is 9.27. The fourth-order valence-electron chi connectivity index (χ4n) is 0.431. The molecule has 0 saturated heterocycles. The van der Waals surface area contributed by atoms with Gasteiger partial charge < -0.3 is 4.90 Å². The van der Waals surface area contributed by atoms with Gasteiger partial charge >= 0.3 is 6.03 Å². The molecule has 0 fully saturated rings. The van der Waals surface area contributed by atoms with Gasteiger partial charge in [-0.05, 0) is 0 Å². The van der Waals surface area contributed by atoms with Crippen molar-refractivity contribution in [3.8, 4) is 0 Å². The summed E-state index contributed by atoms with van der Waals surface area (Å²) in [6.07, 6.45) is 1.40. The van der Waals surface area contributed by atoms with Gasteiger partial charge in [0, 0.05) is 25.6 Å². The van der Waals surface area contributed by atoms with Crippen molar-refractivity contribution in [3.63, 3.8) is 0 Å². The number of nitrogens with zero attached hydrogens (tertiary/aromatic N) is 3. The van der Waals surface area contributed by atoms with Gasteiger partial charge in [-0.25, -0.2) is 9.78 Å². The van der Waals surface area contributed by atoms with Crippen molar-refractivity contribution >= 4 is 22.7 Å². The molecule has 0 aliphatic rings. The molecule has 0 radical (unpaired) electrons. The van der Waals surface area contributed by atoms with Crippen LogP contribution in [0.25, 0.3) is 0 Å². The predicted octanol–water partition coefficient (Wildman–Crippen LogP) is 0.632. The van der Waals surface area contributed by atoms with E-state index in [1.165, 1.54) is 11.2 Å². The largest absolute Gasteiger partial charge is 0.331 e. The van der Waals surface area contributed by atoms with Crippen molar-refractivity contribution in [2.75, 3.05) is 19.4 Å². The summed E-state index contributed by atoms with van der Waals surface area (Å²) in [6, 6.07) is -0.193. The van der Waals surface area contributed by atoms with Gasteiger partial charge in [0.2, 0.25) is 5.13 Å². The van der Waals surface area contributed by atoms with E-state index in [1.54, 1.807) is 14.1 Å². The molecule has 11 heavy (non-hydrogen) atoms. The third-order valence-electron chi connectivity index (χ3n) is 0.981. The van der Waals surface area contributed by atoms with Crippen LogP contribution in [-0.4, -0.2) is 34.4 Å². The third kappa shape index (κ3) is 2.15. The molecule has 0 saturated carbocycles. The van der Waals surface area contributed by atoms with E-state index in [4.69, 9.17) is 0 Å². The summed E-state index contributed by atoms with van der Waals surface area (Å²) in [6.45, 7) is 0. The molecule has 1 aromatic rings. The minimum Gasteiger partial charge on any atom is -0.331 e. The Labute approximate surface area is 68.2 Å². The first-order valence-corrected chi connectivity index (χ1v) is 3.72. The van der Waals surface area contributed by atoms with Gasteiger partial charge in [0.15, 0.2) is 0 Å². The molecule has 0 aliphatic heterocycles. The van der Waals surface area contributed by atoms with E-state index in [2.05, 4.69) is 14.7 Å². The monoisotopic (exact) mass is 172 g/mol. The molecule has 1 aromatic heterocycles. The van der Waals surface area contributed by atoms with Gasteiger partial charge in [0.1, 0.15) is 6.33 Å². The van der Waals surface area contributed by atoms with Crippen LogP contribution in [0.4, 0.5) is 9.93 Å². The summed E-state index contributed by atoms with van der Waals surface area (Å²) < 4.78 is 3.73. The lowest BCUT2D eigenvalue weighted by Gasteiger charge is -2.08. The Kier molecular flexibility index (Phi) is 2.37. The van der Waals surface area contributed by atoms with E-state index in [0.717, 1.165) is 11.5 Å². The summed E-state index contributed by atoms with van der Waals surface area (Å²) in [5.41, 5.74) is 0. The van der Waals surface area contributed by atoms with E-state index in [9.17, 15) is 4.79 Å². The maximum atomic E-state index is 11.0. The Bertz CT molecular complexity index is 233.